The Hall–Kier alpha value is -4.22. The molecule has 0 saturated heterocycles. The zero-order valence-electron chi connectivity index (χ0n) is 14.7. The molecule has 2 aromatic rings. The van der Waals surface area contributed by atoms with Gasteiger partial charge in [0.1, 0.15) is 12.6 Å². The van der Waals surface area contributed by atoms with Crippen molar-refractivity contribution in [2.75, 3.05) is 0 Å². The predicted molar refractivity (Wildman–Crippen MR) is 96.3 cm³/mol. The largest absolute Gasteiger partial charge is 0.497 e. The number of nitro benzene ring substituents is 2. The van der Waals surface area contributed by atoms with E-state index in [1.165, 1.54) is 0 Å². The summed E-state index contributed by atoms with van der Waals surface area (Å²) >= 11 is 0. The quantitative estimate of drug-likeness (QED) is 0.437. The van der Waals surface area contributed by atoms with Crippen molar-refractivity contribution in [3.05, 3.63) is 73.8 Å². The molecule has 0 aliphatic carbocycles. The second-order valence-electron chi connectivity index (χ2n) is 5.80. The fraction of sp³-hybridized carbons (Fsp3) is 0.176. The van der Waals surface area contributed by atoms with Crippen LogP contribution in [-0.4, -0.2) is 38.2 Å². The number of carbonyl (C=O) groups is 2. The van der Waals surface area contributed by atoms with Crippen LogP contribution in [0.1, 0.15) is 11.1 Å². The summed E-state index contributed by atoms with van der Waals surface area (Å²) in [5.41, 5.74) is -1.38. The van der Waals surface area contributed by atoms with Gasteiger partial charge in [0.25, 0.3) is 5.75 Å². The van der Waals surface area contributed by atoms with Gasteiger partial charge in [-0.25, -0.2) is 9.59 Å². The molecule has 0 heterocycles. The van der Waals surface area contributed by atoms with Gasteiger partial charge in [0.05, 0.1) is 9.85 Å². The number of ether oxygens (including phenoxy) is 1. The Kier molecular flexibility index (Phi) is 6.63. The molecule has 1 amide bonds. The van der Waals surface area contributed by atoms with E-state index in [9.17, 15) is 40.0 Å². The Bertz CT molecular complexity index is 911. The van der Waals surface area contributed by atoms with E-state index in [0.29, 0.717) is 5.56 Å². The number of carboxylic acids is 1. The van der Waals surface area contributed by atoms with Gasteiger partial charge in [-0.1, -0.05) is 30.3 Å². The van der Waals surface area contributed by atoms with Crippen LogP contribution >= 0.6 is 0 Å². The summed E-state index contributed by atoms with van der Waals surface area (Å²) in [5, 5.41) is 43.0. The molecule has 0 spiro atoms. The highest BCUT2D eigenvalue weighted by Crippen LogP contribution is 2.36. The summed E-state index contributed by atoms with van der Waals surface area (Å²) in [6.07, 6.45) is -1.57. The lowest BCUT2D eigenvalue weighted by molar-refractivity contribution is -0.396. The molecule has 0 fully saturated rings. The van der Waals surface area contributed by atoms with E-state index in [2.05, 4.69) is 5.32 Å². The smallest absolute Gasteiger partial charge is 0.408 e. The number of rotatable bonds is 8. The molecule has 0 aliphatic rings. The van der Waals surface area contributed by atoms with E-state index in [1.807, 2.05) is 0 Å². The molecule has 152 valence electrons. The van der Waals surface area contributed by atoms with Crippen LogP contribution in [0, 0.1) is 20.2 Å². The maximum atomic E-state index is 11.9. The SMILES string of the molecule is O=C(N[C@@H](Cc1cc([N+](=O)[O-])c(O)c([N+](=O)[O-])c1)C(=O)O)OCc1ccccc1. The third-order valence-electron chi connectivity index (χ3n) is 3.77. The number of phenolic OH excluding ortho intramolecular Hbond substituents is 1. The Morgan fingerprint density at radius 1 is 1.03 bits per heavy atom. The van der Waals surface area contributed by atoms with Crippen LogP contribution in [0.15, 0.2) is 42.5 Å². The lowest BCUT2D eigenvalue weighted by Crippen LogP contribution is -2.42. The molecule has 0 bridgehead atoms. The van der Waals surface area contributed by atoms with Gasteiger partial charge in [-0.05, 0) is 11.1 Å². The molecule has 29 heavy (non-hydrogen) atoms. The van der Waals surface area contributed by atoms with E-state index in [1.54, 1.807) is 30.3 Å². The van der Waals surface area contributed by atoms with Gasteiger partial charge in [-0.3, -0.25) is 20.2 Å². The minimum atomic E-state index is -1.58. The number of aliphatic carboxylic acids is 1. The molecule has 12 nitrogen and oxygen atoms in total. The van der Waals surface area contributed by atoms with Gasteiger partial charge in [-0.15, -0.1) is 0 Å². The normalized spacial score (nSPS) is 11.3. The summed E-state index contributed by atoms with van der Waals surface area (Å²) in [7, 11) is 0. The number of amides is 1. The van der Waals surface area contributed by atoms with Crippen molar-refractivity contribution in [3.8, 4) is 5.75 Å². The highest BCUT2D eigenvalue weighted by atomic mass is 16.6. The highest BCUT2D eigenvalue weighted by molar-refractivity contribution is 5.80. The van der Waals surface area contributed by atoms with E-state index in [0.717, 1.165) is 12.1 Å². The van der Waals surface area contributed by atoms with Crippen LogP contribution in [0.2, 0.25) is 0 Å². The summed E-state index contributed by atoms with van der Waals surface area (Å²) in [4.78, 5) is 43.2. The maximum absolute atomic E-state index is 11.9. The Balaban J connectivity index is 2.15. The minimum absolute atomic E-state index is 0.116. The van der Waals surface area contributed by atoms with Crippen LogP contribution in [-0.2, 0) is 22.6 Å². The number of hydrogen-bond acceptors (Lipinski definition) is 8. The first-order chi connectivity index (χ1) is 13.7. The first kappa shape index (κ1) is 21.1. The number of carboxylic acid groups (broad SMARTS) is 1. The van der Waals surface area contributed by atoms with Gasteiger partial charge in [-0.2, -0.15) is 0 Å². The lowest BCUT2D eigenvalue weighted by atomic mass is 10.0. The highest BCUT2D eigenvalue weighted by Gasteiger charge is 2.29. The zero-order chi connectivity index (χ0) is 21.6. The Labute approximate surface area is 162 Å². The number of alkyl carbamates (subject to hydrolysis) is 1. The number of hydrogen-bond donors (Lipinski definition) is 3. The minimum Gasteiger partial charge on any atom is -0.497 e. The average molecular weight is 405 g/mol. The average Bonchev–Trinajstić information content (AvgIpc) is 2.67. The van der Waals surface area contributed by atoms with Crippen LogP contribution in [0.5, 0.6) is 5.75 Å². The summed E-state index contributed by atoms with van der Waals surface area (Å²) in [5.74, 6) is -2.63. The molecule has 2 aromatic carbocycles. The summed E-state index contributed by atoms with van der Waals surface area (Å²) in [6.45, 7) is -0.116. The second-order valence-corrected chi connectivity index (χ2v) is 5.80. The topological polar surface area (TPSA) is 182 Å². The molecule has 0 saturated carbocycles. The van der Waals surface area contributed by atoms with Gasteiger partial charge in [0.2, 0.25) is 0 Å². The monoisotopic (exact) mass is 405 g/mol. The molecule has 12 heteroatoms. The van der Waals surface area contributed by atoms with E-state index in [4.69, 9.17) is 4.74 Å². The van der Waals surface area contributed by atoms with Gasteiger partial charge >= 0.3 is 23.4 Å². The molecule has 2 rings (SSSR count). The van der Waals surface area contributed by atoms with Gasteiger partial charge < -0.3 is 20.3 Å². The molecular formula is C17H15N3O9. The standard InChI is InChI=1S/C17H15N3O9/c21-15-13(19(25)26)7-11(8-14(15)20(27)28)6-12(16(22)23)18-17(24)29-9-10-4-2-1-3-5-10/h1-5,7-8,12,21H,6,9H2,(H,18,24)(H,22,23)/t12-/m0/s1. The van der Waals surface area contributed by atoms with Crippen LogP contribution < -0.4 is 5.32 Å². The van der Waals surface area contributed by atoms with Gasteiger partial charge in [0, 0.05) is 18.6 Å². The number of nitro groups is 2. The Morgan fingerprint density at radius 3 is 2.07 bits per heavy atom. The van der Waals surface area contributed by atoms with Crippen LogP contribution in [0.25, 0.3) is 0 Å². The van der Waals surface area contributed by atoms with Crippen molar-refractivity contribution >= 4 is 23.4 Å². The number of nitrogens with one attached hydrogen (secondary N) is 1. The number of nitrogens with zero attached hydrogens (tertiary/aromatic N) is 2. The van der Waals surface area contributed by atoms with E-state index < -0.39 is 51.5 Å². The molecule has 3 N–H and O–H groups in total. The summed E-state index contributed by atoms with van der Waals surface area (Å²) < 4.78 is 4.92. The summed E-state index contributed by atoms with van der Waals surface area (Å²) in [6, 6.07) is 8.61. The number of carbonyl (C=O) groups excluding carboxylic acids is 1. The number of aromatic hydroxyl groups is 1. The van der Waals surface area contributed by atoms with Crippen LogP contribution in [0.3, 0.4) is 0 Å². The van der Waals surface area contributed by atoms with Gasteiger partial charge in [0.15, 0.2) is 0 Å². The maximum Gasteiger partial charge on any atom is 0.408 e. The number of phenols is 1. The number of benzene rings is 2. The van der Waals surface area contributed by atoms with Crippen molar-refractivity contribution in [1.82, 2.24) is 5.32 Å². The molecular weight excluding hydrogens is 390 g/mol. The molecule has 0 unspecified atom stereocenters. The third-order valence-corrected chi connectivity index (χ3v) is 3.77. The van der Waals surface area contributed by atoms with Crippen LogP contribution in [0.4, 0.5) is 16.2 Å². The first-order valence-electron chi connectivity index (χ1n) is 8.03. The zero-order valence-corrected chi connectivity index (χ0v) is 14.7. The van der Waals surface area contributed by atoms with Crippen molar-refractivity contribution in [3.63, 3.8) is 0 Å². The predicted octanol–water partition coefficient (Wildman–Crippen LogP) is 2.13. The molecule has 1 atom stereocenters. The molecule has 0 radical (unpaired) electrons. The second kappa shape index (κ2) is 9.12. The third kappa shape index (κ3) is 5.63. The fourth-order valence-corrected chi connectivity index (χ4v) is 2.40. The van der Waals surface area contributed by atoms with Crippen molar-refractivity contribution in [1.29, 1.82) is 0 Å². The van der Waals surface area contributed by atoms with E-state index in [-0.39, 0.29) is 12.2 Å². The first-order valence-corrected chi connectivity index (χ1v) is 8.03. The molecule has 0 aromatic heterocycles. The molecule has 0 aliphatic heterocycles. The fourth-order valence-electron chi connectivity index (χ4n) is 2.40. The lowest BCUT2D eigenvalue weighted by Gasteiger charge is -2.15. The van der Waals surface area contributed by atoms with E-state index >= 15 is 0 Å². The van der Waals surface area contributed by atoms with Crippen molar-refractivity contribution < 1.29 is 34.4 Å². The van der Waals surface area contributed by atoms with Crippen molar-refractivity contribution in [2.24, 2.45) is 0 Å². The van der Waals surface area contributed by atoms with Crippen molar-refractivity contribution in [2.45, 2.75) is 19.1 Å². The Morgan fingerprint density at radius 2 is 1.59 bits per heavy atom.